The normalized spacial score (nSPS) is 11.4. The first-order valence-electron chi connectivity index (χ1n) is 7.17. The van der Waals surface area contributed by atoms with Crippen molar-refractivity contribution in [1.29, 1.82) is 0 Å². The molecule has 0 amide bonds. The zero-order valence-electron chi connectivity index (χ0n) is 12.9. The van der Waals surface area contributed by atoms with Crippen LogP contribution < -0.4 is 4.72 Å². The average Bonchev–Trinajstić information content (AvgIpc) is 2.88. The monoisotopic (exact) mass is 327 g/mol. The summed E-state index contributed by atoms with van der Waals surface area (Å²) in [7, 11) is -3.65. The molecule has 118 valence electrons. The van der Waals surface area contributed by atoms with Crippen molar-refractivity contribution in [3.63, 3.8) is 0 Å². The van der Waals surface area contributed by atoms with Crippen molar-refractivity contribution >= 4 is 15.7 Å². The lowest BCUT2D eigenvalue weighted by atomic mass is 10.1. The fourth-order valence-electron chi connectivity index (χ4n) is 2.50. The van der Waals surface area contributed by atoms with Crippen LogP contribution in [0.2, 0.25) is 0 Å². The van der Waals surface area contributed by atoms with E-state index in [2.05, 4.69) is 14.9 Å². The van der Waals surface area contributed by atoms with Gasteiger partial charge in [-0.3, -0.25) is 9.82 Å². The van der Waals surface area contributed by atoms with E-state index in [-0.39, 0.29) is 4.90 Å². The number of H-pyrrole nitrogens is 1. The van der Waals surface area contributed by atoms with E-state index in [4.69, 9.17) is 0 Å². The molecule has 3 aromatic rings. The number of hydrogen-bond donors (Lipinski definition) is 2. The van der Waals surface area contributed by atoms with Crippen molar-refractivity contribution < 1.29 is 8.42 Å². The number of aromatic amines is 1. The molecule has 0 fully saturated rings. The predicted octanol–water partition coefficient (Wildman–Crippen LogP) is 3.49. The minimum atomic E-state index is -3.65. The van der Waals surface area contributed by atoms with Crippen LogP contribution in [0.15, 0.2) is 59.5 Å². The molecule has 3 rings (SSSR count). The molecular weight excluding hydrogens is 310 g/mol. The molecule has 0 spiro atoms. The lowest BCUT2D eigenvalue weighted by Crippen LogP contribution is -2.14. The first kappa shape index (κ1) is 15.3. The number of nitrogens with zero attached hydrogens (tertiary/aromatic N) is 1. The van der Waals surface area contributed by atoms with E-state index in [0.717, 1.165) is 11.1 Å². The van der Waals surface area contributed by atoms with Gasteiger partial charge in [-0.15, -0.1) is 0 Å². The molecule has 0 bridgehead atoms. The molecule has 0 saturated heterocycles. The number of rotatable bonds is 4. The fraction of sp³-hybridized carbons (Fsp3) is 0.118. The molecule has 0 aliphatic heterocycles. The van der Waals surface area contributed by atoms with E-state index in [1.54, 1.807) is 26.0 Å². The van der Waals surface area contributed by atoms with Crippen LogP contribution in [0.5, 0.6) is 0 Å². The Kier molecular flexibility index (Phi) is 3.92. The molecule has 0 aliphatic carbocycles. The Morgan fingerprint density at radius 1 is 0.913 bits per heavy atom. The third-order valence-corrected chi connectivity index (χ3v) is 5.22. The van der Waals surface area contributed by atoms with E-state index >= 15 is 0 Å². The van der Waals surface area contributed by atoms with Gasteiger partial charge in [-0.2, -0.15) is 5.10 Å². The molecule has 0 unspecified atom stereocenters. The number of aryl methyl sites for hydroxylation is 2. The van der Waals surface area contributed by atoms with E-state index in [0.29, 0.717) is 17.1 Å². The molecule has 0 radical (unpaired) electrons. The molecule has 23 heavy (non-hydrogen) atoms. The van der Waals surface area contributed by atoms with Gasteiger partial charge in [0.05, 0.1) is 11.4 Å². The second kappa shape index (κ2) is 5.89. The zero-order chi connectivity index (χ0) is 16.4. The topological polar surface area (TPSA) is 74.8 Å². The maximum atomic E-state index is 12.5. The summed E-state index contributed by atoms with van der Waals surface area (Å²) >= 11 is 0. The molecule has 1 aromatic heterocycles. The van der Waals surface area contributed by atoms with Gasteiger partial charge in [0.1, 0.15) is 4.90 Å². The van der Waals surface area contributed by atoms with Crippen molar-refractivity contribution in [1.82, 2.24) is 10.2 Å². The Hall–Kier alpha value is -2.60. The number of aromatic nitrogens is 2. The number of nitrogens with one attached hydrogen (secondary N) is 2. The van der Waals surface area contributed by atoms with Gasteiger partial charge in [0.2, 0.25) is 0 Å². The summed E-state index contributed by atoms with van der Waals surface area (Å²) in [4.78, 5) is 0.199. The maximum absolute atomic E-state index is 12.5. The molecule has 0 aliphatic rings. The molecule has 0 atom stereocenters. The fourth-order valence-corrected chi connectivity index (χ4v) is 3.94. The Bertz CT molecular complexity index is 895. The van der Waals surface area contributed by atoms with E-state index in [1.807, 2.05) is 42.5 Å². The third-order valence-electron chi connectivity index (χ3n) is 3.57. The molecular formula is C17H17N3O2S. The van der Waals surface area contributed by atoms with Crippen LogP contribution in [0.4, 0.5) is 5.69 Å². The van der Waals surface area contributed by atoms with Crippen molar-refractivity contribution in [3.05, 3.63) is 66.0 Å². The SMILES string of the molecule is Cc1n[nH]c(C)c1S(=O)(=O)Nc1ccc(-c2ccccc2)cc1. The summed E-state index contributed by atoms with van der Waals surface area (Å²) in [5, 5.41) is 6.62. The van der Waals surface area contributed by atoms with Gasteiger partial charge in [0.15, 0.2) is 0 Å². The molecule has 5 nitrogen and oxygen atoms in total. The van der Waals surface area contributed by atoms with Crippen LogP contribution >= 0.6 is 0 Å². The molecule has 6 heteroatoms. The predicted molar refractivity (Wildman–Crippen MR) is 90.7 cm³/mol. The summed E-state index contributed by atoms with van der Waals surface area (Å²) in [6.07, 6.45) is 0. The largest absolute Gasteiger partial charge is 0.281 e. The first-order chi connectivity index (χ1) is 11.0. The Morgan fingerprint density at radius 3 is 2.09 bits per heavy atom. The van der Waals surface area contributed by atoms with Gasteiger partial charge in [-0.25, -0.2) is 8.42 Å². The van der Waals surface area contributed by atoms with Crippen molar-refractivity contribution in [2.24, 2.45) is 0 Å². The highest BCUT2D eigenvalue weighted by Crippen LogP contribution is 2.24. The molecule has 2 N–H and O–H groups in total. The third kappa shape index (κ3) is 3.12. The van der Waals surface area contributed by atoms with Crippen LogP contribution in [0, 0.1) is 13.8 Å². The molecule has 1 heterocycles. The minimum Gasteiger partial charge on any atom is -0.281 e. The standard InChI is InChI=1S/C17H17N3O2S/c1-12-17(13(2)19-18-12)23(21,22)20-16-10-8-15(9-11-16)14-6-4-3-5-7-14/h3-11,20H,1-2H3,(H,18,19). The molecule has 2 aromatic carbocycles. The lowest BCUT2D eigenvalue weighted by molar-refractivity contribution is 0.600. The van der Waals surface area contributed by atoms with Gasteiger partial charge < -0.3 is 0 Å². The first-order valence-corrected chi connectivity index (χ1v) is 8.65. The van der Waals surface area contributed by atoms with Gasteiger partial charge >= 0.3 is 0 Å². The number of benzene rings is 2. The highest BCUT2D eigenvalue weighted by molar-refractivity contribution is 7.92. The highest BCUT2D eigenvalue weighted by Gasteiger charge is 2.22. The van der Waals surface area contributed by atoms with Crippen LogP contribution in [-0.4, -0.2) is 18.6 Å². The van der Waals surface area contributed by atoms with Gasteiger partial charge in [-0.1, -0.05) is 42.5 Å². The second-order valence-corrected chi connectivity index (χ2v) is 6.93. The molecule has 0 saturated carbocycles. The maximum Gasteiger partial charge on any atom is 0.265 e. The number of anilines is 1. The van der Waals surface area contributed by atoms with E-state index in [9.17, 15) is 8.42 Å². The lowest BCUT2D eigenvalue weighted by Gasteiger charge is -2.09. The smallest absolute Gasteiger partial charge is 0.265 e. The van der Waals surface area contributed by atoms with Gasteiger partial charge in [0, 0.05) is 5.69 Å². The second-order valence-electron chi connectivity index (χ2n) is 5.31. The summed E-state index contributed by atoms with van der Waals surface area (Å²) in [6.45, 7) is 3.35. The minimum absolute atomic E-state index is 0.199. The van der Waals surface area contributed by atoms with Crippen LogP contribution in [0.1, 0.15) is 11.4 Å². The van der Waals surface area contributed by atoms with Crippen molar-refractivity contribution in [2.75, 3.05) is 4.72 Å². The average molecular weight is 327 g/mol. The van der Waals surface area contributed by atoms with Crippen molar-refractivity contribution in [2.45, 2.75) is 18.7 Å². The van der Waals surface area contributed by atoms with Crippen LogP contribution in [0.3, 0.4) is 0 Å². The van der Waals surface area contributed by atoms with Gasteiger partial charge in [0.25, 0.3) is 10.0 Å². The summed E-state index contributed by atoms with van der Waals surface area (Å²) in [5.74, 6) is 0. The van der Waals surface area contributed by atoms with Crippen LogP contribution in [0.25, 0.3) is 11.1 Å². The summed E-state index contributed by atoms with van der Waals surface area (Å²) in [6, 6.07) is 17.2. The van der Waals surface area contributed by atoms with Crippen LogP contribution in [-0.2, 0) is 10.0 Å². The Balaban J connectivity index is 1.87. The zero-order valence-corrected chi connectivity index (χ0v) is 13.7. The summed E-state index contributed by atoms with van der Waals surface area (Å²) < 4.78 is 27.6. The van der Waals surface area contributed by atoms with Gasteiger partial charge in [-0.05, 0) is 37.1 Å². The highest BCUT2D eigenvalue weighted by atomic mass is 32.2. The number of hydrogen-bond acceptors (Lipinski definition) is 3. The van der Waals surface area contributed by atoms with E-state index < -0.39 is 10.0 Å². The van der Waals surface area contributed by atoms with Crippen molar-refractivity contribution in [3.8, 4) is 11.1 Å². The summed E-state index contributed by atoms with van der Waals surface area (Å²) in [5.41, 5.74) is 3.61. The quantitative estimate of drug-likeness (QED) is 0.770. The van der Waals surface area contributed by atoms with E-state index in [1.165, 1.54) is 0 Å². The number of sulfonamides is 1. The Morgan fingerprint density at radius 2 is 1.52 bits per heavy atom. The Labute approximate surface area is 135 Å².